The Morgan fingerprint density at radius 1 is 1.19 bits per heavy atom. The molecule has 0 saturated carbocycles. The summed E-state index contributed by atoms with van der Waals surface area (Å²) in [4.78, 5) is 31.4. The number of esters is 2. The third-order valence-electron chi connectivity index (χ3n) is 4.35. The van der Waals surface area contributed by atoms with Crippen LogP contribution in [0.25, 0.3) is 10.9 Å². The Labute approximate surface area is 165 Å². The van der Waals surface area contributed by atoms with Crippen molar-refractivity contribution in [2.45, 2.75) is 39.2 Å². The molecule has 0 saturated heterocycles. The summed E-state index contributed by atoms with van der Waals surface area (Å²) < 4.78 is 10.7. The summed E-state index contributed by atoms with van der Waals surface area (Å²) in [7, 11) is 0. The van der Waals surface area contributed by atoms with Gasteiger partial charge < -0.3 is 9.47 Å². The number of hydrogen-bond acceptors (Lipinski definition) is 7. The lowest BCUT2D eigenvalue weighted by atomic mass is 10.1. The van der Waals surface area contributed by atoms with Crippen molar-refractivity contribution >= 4 is 35.5 Å². The highest BCUT2D eigenvalue weighted by Crippen LogP contribution is 2.26. The number of para-hydroxylation sites is 1. The van der Waals surface area contributed by atoms with Crippen molar-refractivity contribution < 1.29 is 19.1 Å². The summed E-state index contributed by atoms with van der Waals surface area (Å²) in [6.07, 6.45) is -0.361. The van der Waals surface area contributed by atoms with Gasteiger partial charge in [0.25, 0.3) is 0 Å². The molecule has 0 aliphatic heterocycles. The zero-order valence-corrected chi connectivity index (χ0v) is 17.0. The van der Waals surface area contributed by atoms with Gasteiger partial charge in [-0.2, -0.15) is 12.6 Å². The molecule has 1 aromatic heterocycles. The van der Waals surface area contributed by atoms with E-state index in [-0.39, 0.29) is 12.8 Å². The fourth-order valence-electron chi connectivity index (χ4n) is 2.88. The fraction of sp³-hybridized carbons (Fsp3) is 0.450. The number of rotatable bonds is 8. The van der Waals surface area contributed by atoms with E-state index in [0.29, 0.717) is 22.2 Å². The Morgan fingerprint density at radius 2 is 1.85 bits per heavy atom. The van der Waals surface area contributed by atoms with Gasteiger partial charge in [-0.05, 0) is 39.1 Å². The van der Waals surface area contributed by atoms with E-state index in [1.54, 1.807) is 19.1 Å². The molecule has 2 rings (SSSR count). The van der Waals surface area contributed by atoms with Crippen LogP contribution in [0.15, 0.2) is 30.3 Å². The van der Waals surface area contributed by atoms with Crippen LogP contribution in [0, 0.1) is 0 Å². The normalized spacial score (nSPS) is 13.4. The van der Waals surface area contributed by atoms with Gasteiger partial charge in [0.05, 0.1) is 23.4 Å². The molecule has 7 heteroatoms. The van der Waals surface area contributed by atoms with Crippen molar-refractivity contribution in [3.8, 4) is 0 Å². The van der Waals surface area contributed by atoms with E-state index in [4.69, 9.17) is 9.47 Å². The number of aromatic nitrogens is 1. The molecule has 0 bridgehead atoms. The minimum atomic E-state index is -0.874. The lowest BCUT2D eigenvalue weighted by molar-refractivity contribution is -0.142. The first-order valence-corrected chi connectivity index (χ1v) is 9.63. The number of nitrogens with zero attached hydrogens (tertiary/aromatic N) is 2. The third-order valence-corrected chi connectivity index (χ3v) is 4.83. The van der Waals surface area contributed by atoms with Gasteiger partial charge in [0, 0.05) is 5.39 Å². The van der Waals surface area contributed by atoms with Gasteiger partial charge in [0.15, 0.2) is 6.23 Å². The van der Waals surface area contributed by atoms with Crippen molar-refractivity contribution in [1.29, 1.82) is 0 Å². The Kier molecular flexibility index (Phi) is 7.62. The Bertz CT molecular complexity index is 808. The first kappa shape index (κ1) is 21.2. The summed E-state index contributed by atoms with van der Waals surface area (Å²) in [5, 5.41) is -0.205. The van der Waals surface area contributed by atoms with Crippen LogP contribution in [0.2, 0.25) is 0 Å². The van der Waals surface area contributed by atoms with Gasteiger partial charge in [-0.25, -0.2) is 4.79 Å². The molecule has 2 aromatic rings. The predicted octanol–water partition coefficient (Wildman–Crippen LogP) is 3.61. The molecule has 0 aliphatic carbocycles. The van der Waals surface area contributed by atoms with E-state index in [0.717, 1.165) is 13.1 Å². The highest BCUT2D eigenvalue weighted by molar-refractivity contribution is 7.81. The second kappa shape index (κ2) is 9.71. The van der Waals surface area contributed by atoms with Crippen molar-refractivity contribution in [2.24, 2.45) is 0 Å². The van der Waals surface area contributed by atoms with E-state index in [2.05, 4.69) is 17.6 Å². The third kappa shape index (κ3) is 4.99. The van der Waals surface area contributed by atoms with E-state index in [1.165, 1.54) is 0 Å². The summed E-state index contributed by atoms with van der Waals surface area (Å²) in [6, 6.07) is 8.81. The topological polar surface area (TPSA) is 68.7 Å². The van der Waals surface area contributed by atoms with Gasteiger partial charge in [0.2, 0.25) is 0 Å². The lowest BCUT2D eigenvalue weighted by Crippen LogP contribution is -2.36. The number of carbonyl (C=O) groups is 2. The van der Waals surface area contributed by atoms with Gasteiger partial charge in [-0.1, -0.05) is 32.0 Å². The molecule has 1 heterocycles. The first-order chi connectivity index (χ1) is 12.9. The molecule has 2 unspecified atom stereocenters. The molecule has 0 aliphatic rings. The summed E-state index contributed by atoms with van der Waals surface area (Å²) in [5.74, 6) is -0.960. The van der Waals surface area contributed by atoms with E-state index < -0.39 is 17.2 Å². The molecule has 2 atom stereocenters. The molecule has 0 spiro atoms. The molecule has 0 fully saturated rings. The van der Waals surface area contributed by atoms with E-state index in [1.807, 2.05) is 43.9 Å². The average molecular weight is 391 g/mol. The van der Waals surface area contributed by atoms with Crippen molar-refractivity contribution in [1.82, 2.24) is 9.88 Å². The maximum absolute atomic E-state index is 12.9. The van der Waals surface area contributed by atoms with Crippen LogP contribution in [0.3, 0.4) is 0 Å². The van der Waals surface area contributed by atoms with Crippen LogP contribution >= 0.6 is 12.6 Å². The van der Waals surface area contributed by atoms with Crippen molar-refractivity contribution in [3.63, 3.8) is 0 Å². The number of carbonyl (C=O) groups excluding carboxylic acids is 2. The first-order valence-electron chi connectivity index (χ1n) is 9.12. The molecule has 1 aromatic carbocycles. The molecule has 146 valence electrons. The van der Waals surface area contributed by atoms with Gasteiger partial charge in [-0.15, -0.1) is 0 Å². The van der Waals surface area contributed by atoms with Gasteiger partial charge in [-0.3, -0.25) is 14.7 Å². The number of benzene rings is 1. The van der Waals surface area contributed by atoms with Crippen LogP contribution in [0.4, 0.5) is 0 Å². The van der Waals surface area contributed by atoms with Crippen LogP contribution in [0.1, 0.15) is 49.0 Å². The van der Waals surface area contributed by atoms with Crippen LogP contribution in [-0.2, 0) is 14.3 Å². The smallest absolute Gasteiger partial charge is 0.340 e. The molecule has 6 nitrogen and oxygen atoms in total. The van der Waals surface area contributed by atoms with Crippen LogP contribution in [0.5, 0.6) is 0 Å². The molecular weight excluding hydrogens is 364 g/mol. The van der Waals surface area contributed by atoms with Crippen molar-refractivity contribution in [3.05, 3.63) is 41.6 Å². The molecule has 27 heavy (non-hydrogen) atoms. The highest BCUT2D eigenvalue weighted by Gasteiger charge is 2.24. The zero-order chi connectivity index (χ0) is 20.0. The summed E-state index contributed by atoms with van der Waals surface area (Å²) >= 11 is 4.33. The van der Waals surface area contributed by atoms with E-state index >= 15 is 0 Å². The maximum atomic E-state index is 12.9. The minimum Gasteiger partial charge on any atom is -0.465 e. The van der Waals surface area contributed by atoms with E-state index in [9.17, 15) is 9.59 Å². The lowest BCUT2D eigenvalue weighted by Gasteiger charge is -2.26. The predicted molar refractivity (Wildman–Crippen MR) is 108 cm³/mol. The number of pyridine rings is 1. The van der Waals surface area contributed by atoms with Gasteiger partial charge in [0.1, 0.15) is 5.25 Å². The summed E-state index contributed by atoms with van der Waals surface area (Å²) in [6.45, 7) is 9.39. The SMILES string of the molecule is CCOC(=O)C(S)c1cc(C(=O)OC(C)N(CC)CC)c2ccccc2n1. The number of thiol groups is 1. The standard InChI is InChI=1S/C20H26N2O4S/c1-5-22(6-2)13(4)26-19(23)15-12-17(18(27)20(24)25-7-3)21-16-11-9-8-10-14(15)16/h8-13,18,27H,5-7H2,1-4H3. The largest absolute Gasteiger partial charge is 0.465 e. The maximum Gasteiger partial charge on any atom is 0.340 e. The molecule has 0 N–H and O–H groups in total. The number of hydrogen-bond donors (Lipinski definition) is 1. The molecule has 0 radical (unpaired) electrons. The molecular formula is C20H26N2O4S. The molecule has 0 amide bonds. The number of ether oxygens (including phenoxy) is 2. The average Bonchev–Trinajstić information content (AvgIpc) is 2.67. The van der Waals surface area contributed by atoms with Crippen LogP contribution < -0.4 is 0 Å². The highest BCUT2D eigenvalue weighted by atomic mass is 32.1. The Morgan fingerprint density at radius 3 is 2.48 bits per heavy atom. The Balaban J connectivity index is 2.42. The second-order valence-electron chi connectivity index (χ2n) is 5.99. The Hall–Kier alpha value is -2.12. The quantitative estimate of drug-likeness (QED) is 0.422. The zero-order valence-electron chi connectivity index (χ0n) is 16.1. The van der Waals surface area contributed by atoms with Crippen molar-refractivity contribution in [2.75, 3.05) is 19.7 Å². The minimum absolute atomic E-state index is 0.250. The monoisotopic (exact) mass is 390 g/mol. The van der Waals surface area contributed by atoms with Gasteiger partial charge >= 0.3 is 11.9 Å². The van der Waals surface area contributed by atoms with Crippen LogP contribution in [-0.4, -0.2) is 47.7 Å². The number of fused-ring (bicyclic) bond motifs is 1. The fourth-order valence-corrected chi connectivity index (χ4v) is 3.08. The second-order valence-corrected chi connectivity index (χ2v) is 6.51. The summed E-state index contributed by atoms with van der Waals surface area (Å²) in [5.41, 5.74) is 1.32.